The van der Waals surface area contributed by atoms with Crippen molar-refractivity contribution in [2.45, 2.75) is 32.3 Å². The van der Waals surface area contributed by atoms with Gasteiger partial charge in [-0.1, -0.05) is 30.3 Å². The number of likely N-dealkylation sites (tertiary alicyclic amines) is 1. The topological polar surface area (TPSA) is 63.2 Å². The molecule has 1 fully saturated rings. The minimum atomic E-state index is -0.0944. The van der Waals surface area contributed by atoms with Gasteiger partial charge in [0, 0.05) is 33.3 Å². The average Bonchev–Trinajstić information content (AvgIpc) is 2.70. The van der Waals surface area contributed by atoms with Crippen molar-refractivity contribution in [3.63, 3.8) is 0 Å². The summed E-state index contributed by atoms with van der Waals surface area (Å²) in [7, 11) is 3.26. The summed E-state index contributed by atoms with van der Waals surface area (Å²) in [4.78, 5) is 18.2. The Morgan fingerprint density at radius 2 is 1.93 bits per heavy atom. The first kappa shape index (κ1) is 23.7. The fourth-order valence-corrected chi connectivity index (χ4v) is 3.12. The van der Waals surface area contributed by atoms with Gasteiger partial charge in [0.1, 0.15) is 0 Å². The molecule has 0 spiro atoms. The SMILES string of the molecule is CN=C(NCCCCOCc1ccccc1)N1CCC(C(=O)OC)CC1.I. The molecule has 0 atom stereocenters. The summed E-state index contributed by atoms with van der Waals surface area (Å²) >= 11 is 0. The Bertz CT molecular complexity index is 561. The minimum Gasteiger partial charge on any atom is -0.469 e. The molecule has 1 aliphatic rings. The molecular weight excluding hydrogens is 457 g/mol. The lowest BCUT2D eigenvalue weighted by Crippen LogP contribution is -2.46. The van der Waals surface area contributed by atoms with E-state index in [2.05, 4.69) is 27.3 Å². The standard InChI is InChI=1S/C20H31N3O3.HI/c1-21-20(23-13-10-18(11-14-23)19(24)25-2)22-12-6-7-15-26-16-17-8-4-3-5-9-17;/h3-5,8-9,18H,6-7,10-16H2,1-2H3,(H,21,22);1H. The number of hydrogen-bond acceptors (Lipinski definition) is 4. The van der Waals surface area contributed by atoms with Crippen molar-refractivity contribution in [2.24, 2.45) is 10.9 Å². The zero-order chi connectivity index (χ0) is 18.6. The number of carbonyl (C=O) groups excluding carboxylic acids is 1. The molecule has 27 heavy (non-hydrogen) atoms. The summed E-state index contributed by atoms with van der Waals surface area (Å²) in [6.07, 6.45) is 3.69. The lowest BCUT2D eigenvalue weighted by molar-refractivity contribution is -0.146. The number of ether oxygens (including phenoxy) is 2. The number of benzene rings is 1. The van der Waals surface area contributed by atoms with E-state index in [1.807, 2.05) is 18.2 Å². The Morgan fingerprint density at radius 1 is 1.22 bits per heavy atom. The summed E-state index contributed by atoms with van der Waals surface area (Å²) in [5.41, 5.74) is 1.21. The number of unbranched alkanes of at least 4 members (excludes halogenated alkanes) is 1. The number of aliphatic imine (C=N–C) groups is 1. The molecule has 1 aliphatic heterocycles. The van der Waals surface area contributed by atoms with Gasteiger partial charge < -0.3 is 19.7 Å². The van der Waals surface area contributed by atoms with E-state index in [0.29, 0.717) is 6.61 Å². The zero-order valence-corrected chi connectivity index (χ0v) is 18.7. The van der Waals surface area contributed by atoms with E-state index in [-0.39, 0.29) is 35.9 Å². The van der Waals surface area contributed by atoms with Crippen molar-refractivity contribution in [1.29, 1.82) is 0 Å². The van der Waals surface area contributed by atoms with Gasteiger partial charge >= 0.3 is 5.97 Å². The molecule has 1 saturated heterocycles. The van der Waals surface area contributed by atoms with Crippen LogP contribution in [0.15, 0.2) is 35.3 Å². The first-order chi connectivity index (χ1) is 12.7. The lowest BCUT2D eigenvalue weighted by atomic mass is 9.97. The van der Waals surface area contributed by atoms with Gasteiger partial charge in [0.05, 0.1) is 19.6 Å². The molecule has 0 aliphatic carbocycles. The highest BCUT2D eigenvalue weighted by Crippen LogP contribution is 2.18. The number of rotatable bonds is 8. The second kappa shape index (κ2) is 13.8. The van der Waals surface area contributed by atoms with Crippen LogP contribution in [0.4, 0.5) is 0 Å². The summed E-state index contributed by atoms with van der Waals surface area (Å²) in [5, 5.41) is 3.41. The molecule has 1 aromatic rings. The van der Waals surface area contributed by atoms with Gasteiger partial charge in [-0.15, -0.1) is 24.0 Å². The molecule has 0 unspecified atom stereocenters. The Morgan fingerprint density at radius 3 is 2.56 bits per heavy atom. The maximum atomic E-state index is 11.6. The number of halogens is 1. The van der Waals surface area contributed by atoms with E-state index in [1.165, 1.54) is 12.7 Å². The highest BCUT2D eigenvalue weighted by atomic mass is 127. The van der Waals surface area contributed by atoms with Gasteiger partial charge in [-0.2, -0.15) is 0 Å². The van der Waals surface area contributed by atoms with E-state index in [9.17, 15) is 4.79 Å². The predicted molar refractivity (Wildman–Crippen MR) is 118 cm³/mol. The second-order valence-electron chi connectivity index (χ2n) is 6.50. The van der Waals surface area contributed by atoms with Crippen LogP contribution in [-0.4, -0.2) is 57.2 Å². The first-order valence-electron chi connectivity index (χ1n) is 9.39. The van der Waals surface area contributed by atoms with Gasteiger partial charge in [-0.25, -0.2) is 0 Å². The smallest absolute Gasteiger partial charge is 0.308 e. The van der Waals surface area contributed by atoms with Crippen LogP contribution in [0.1, 0.15) is 31.2 Å². The van der Waals surface area contributed by atoms with E-state index in [0.717, 1.165) is 57.9 Å². The number of esters is 1. The lowest BCUT2D eigenvalue weighted by Gasteiger charge is -2.33. The molecule has 6 nitrogen and oxygen atoms in total. The average molecular weight is 489 g/mol. The fourth-order valence-electron chi connectivity index (χ4n) is 3.12. The van der Waals surface area contributed by atoms with Crippen LogP contribution in [0.2, 0.25) is 0 Å². The Labute approximate surface area is 179 Å². The van der Waals surface area contributed by atoms with Crippen LogP contribution < -0.4 is 5.32 Å². The van der Waals surface area contributed by atoms with Crippen LogP contribution in [0.25, 0.3) is 0 Å². The maximum absolute atomic E-state index is 11.6. The molecule has 0 radical (unpaired) electrons. The van der Waals surface area contributed by atoms with Crippen molar-refractivity contribution in [3.8, 4) is 0 Å². The van der Waals surface area contributed by atoms with Gasteiger partial charge in [0.25, 0.3) is 0 Å². The maximum Gasteiger partial charge on any atom is 0.308 e. The van der Waals surface area contributed by atoms with Gasteiger partial charge in [0.2, 0.25) is 0 Å². The van der Waals surface area contributed by atoms with Crippen molar-refractivity contribution in [2.75, 3.05) is 40.4 Å². The van der Waals surface area contributed by atoms with Crippen LogP contribution in [0.5, 0.6) is 0 Å². The molecule has 1 heterocycles. The third-order valence-electron chi connectivity index (χ3n) is 4.65. The number of nitrogens with zero attached hydrogens (tertiary/aromatic N) is 2. The quantitative estimate of drug-likeness (QED) is 0.200. The third-order valence-corrected chi connectivity index (χ3v) is 4.65. The highest BCUT2D eigenvalue weighted by Gasteiger charge is 2.26. The predicted octanol–water partition coefficient (Wildman–Crippen LogP) is 3.06. The molecule has 2 rings (SSSR count). The number of carbonyl (C=O) groups is 1. The zero-order valence-electron chi connectivity index (χ0n) is 16.4. The summed E-state index contributed by atoms with van der Waals surface area (Å²) < 4.78 is 10.5. The molecular formula is C20H32IN3O3. The minimum absolute atomic E-state index is 0. The number of methoxy groups -OCH3 is 1. The Hall–Kier alpha value is -1.35. The van der Waals surface area contributed by atoms with Gasteiger partial charge in [-0.3, -0.25) is 9.79 Å². The molecule has 7 heteroatoms. The van der Waals surface area contributed by atoms with Crippen LogP contribution >= 0.6 is 24.0 Å². The van der Waals surface area contributed by atoms with E-state index >= 15 is 0 Å². The molecule has 1 aromatic carbocycles. The Kier molecular flexibility index (Phi) is 12.1. The normalized spacial score (nSPS) is 15.2. The number of guanidine groups is 1. The summed E-state index contributed by atoms with van der Waals surface area (Å²) in [6.45, 7) is 3.97. The van der Waals surface area contributed by atoms with Gasteiger partial charge in [-0.05, 0) is 31.2 Å². The molecule has 0 aromatic heterocycles. The van der Waals surface area contributed by atoms with Crippen molar-refractivity contribution >= 4 is 35.9 Å². The Balaban J connectivity index is 0.00000364. The highest BCUT2D eigenvalue weighted by molar-refractivity contribution is 14.0. The number of piperidine rings is 1. The van der Waals surface area contributed by atoms with Crippen molar-refractivity contribution in [1.82, 2.24) is 10.2 Å². The van der Waals surface area contributed by atoms with Crippen molar-refractivity contribution in [3.05, 3.63) is 35.9 Å². The summed E-state index contributed by atoms with van der Waals surface area (Å²) in [5.74, 6) is 0.845. The van der Waals surface area contributed by atoms with Gasteiger partial charge in [0.15, 0.2) is 5.96 Å². The molecule has 0 bridgehead atoms. The van der Waals surface area contributed by atoms with Crippen molar-refractivity contribution < 1.29 is 14.3 Å². The van der Waals surface area contributed by atoms with E-state index < -0.39 is 0 Å². The first-order valence-corrected chi connectivity index (χ1v) is 9.39. The largest absolute Gasteiger partial charge is 0.469 e. The van der Waals surface area contributed by atoms with Crippen LogP contribution in [0, 0.1) is 5.92 Å². The molecule has 1 N–H and O–H groups in total. The van der Waals surface area contributed by atoms with E-state index in [4.69, 9.17) is 9.47 Å². The monoisotopic (exact) mass is 489 g/mol. The fraction of sp³-hybridized carbons (Fsp3) is 0.600. The molecule has 0 saturated carbocycles. The molecule has 152 valence electrons. The van der Waals surface area contributed by atoms with Crippen LogP contribution in [0.3, 0.4) is 0 Å². The number of hydrogen-bond donors (Lipinski definition) is 1. The number of nitrogens with one attached hydrogen (secondary N) is 1. The van der Waals surface area contributed by atoms with Crippen LogP contribution in [-0.2, 0) is 20.9 Å². The third kappa shape index (κ3) is 8.47. The second-order valence-corrected chi connectivity index (χ2v) is 6.50. The summed E-state index contributed by atoms with van der Waals surface area (Å²) in [6, 6.07) is 10.2. The van der Waals surface area contributed by atoms with E-state index in [1.54, 1.807) is 7.05 Å². The molecule has 0 amide bonds.